The summed E-state index contributed by atoms with van der Waals surface area (Å²) in [6, 6.07) is 6.93. The molecule has 1 aromatic carbocycles. The van der Waals surface area contributed by atoms with E-state index < -0.39 is 10.0 Å². The Kier molecular flexibility index (Phi) is 4.50. The third kappa shape index (κ3) is 2.89. The molecule has 2 aliphatic rings. The second-order valence-electron chi connectivity index (χ2n) is 7.51. The Morgan fingerprint density at radius 3 is 2.24 bits per heavy atom. The number of nitrogens with zero attached hydrogens (tertiary/aromatic N) is 1. The molecule has 2 fully saturated rings. The Labute approximate surface area is 150 Å². The Hall–Kier alpha value is -1.72. The number of fused-ring (bicyclic) bond motifs is 1. The van der Waals surface area contributed by atoms with Crippen LogP contribution in [0.2, 0.25) is 0 Å². The Balaban J connectivity index is 1.97. The molecular weight excluding hydrogens is 334 g/mol. The van der Waals surface area contributed by atoms with Gasteiger partial charge in [-0.3, -0.25) is 4.79 Å². The quantitative estimate of drug-likeness (QED) is 0.614. The summed E-state index contributed by atoms with van der Waals surface area (Å²) < 4.78 is 27.6. The molecule has 4 nitrogen and oxygen atoms in total. The van der Waals surface area contributed by atoms with Gasteiger partial charge in [-0.2, -0.15) is 4.31 Å². The van der Waals surface area contributed by atoms with Crippen molar-refractivity contribution in [1.29, 1.82) is 0 Å². The van der Waals surface area contributed by atoms with E-state index in [1.165, 1.54) is 0 Å². The lowest BCUT2D eigenvalue weighted by molar-refractivity contribution is -0.117. The van der Waals surface area contributed by atoms with Crippen LogP contribution >= 0.6 is 0 Å². The van der Waals surface area contributed by atoms with Crippen molar-refractivity contribution >= 4 is 15.8 Å². The number of ketones is 1. The molecule has 5 heteroatoms. The molecular formula is C20H25NO3S. The summed E-state index contributed by atoms with van der Waals surface area (Å²) in [6.45, 7) is 12.4. The van der Waals surface area contributed by atoms with Crippen molar-refractivity contribution in [3.63, 3.8) is 0 Å². The molecule has 0 N–H and O–H groups in total. The lowest BCUT2D eigenvalue weighted by Gasteiger charge is -2.20. The van der Waals surface area contributed by atoms with Crippen molar-refractivity contribution in [3.8, 4) is 0 Å². The zero-order valence-corrected chi connectivity index (χ0v) is 16.1. The van der Waals surface area contributed by atoms with Gasteiger partial charge >= 0.3 is 0 Å². The summed E-state index contributed by atoms with van der Waals surface area (Å²) in [5, 5.41) is 0. The third-order valence-corrected chi connectivity index (χ3v) is 7.25. The zero-order chi connectivity index (χ0) is 18.5. The predicted octanol–water partition coefficient (Wildman–Crippen LogP) is 3.34. The number of Topliss-reactive ketones (excluding diaryl/α,β-unsaturated/α-hetero) is 1. The first-order valence-electron chi connectivity index (χ1n) is 8.58. The number of benzene rings is 1. The van der Waals surface area contributed by atoms with E-state index in [0.29, 0.717) is 18.0 Å². The lowest BCUT2D eigenvalue weighted by atomic mass is 9.87. The molecule has 0 bridgehead atoms. The number of hydrogen-bond donors (Lipinski definition) is 0. The minimum atomic E-state index is -3.54. The molecule has 1 aromatic rings. The van der Waals surface area contributed by atoms with Crippen molar-refractivity contribution in [2.45, 2.75) is 32.6 Å². The van der Waals surface area contributed by atoms with Crippen LogP contribution in [0.15, 0.2) is 52.5 Å². The zero-order valence-electron chi connectivity index (χ0n) is 15.2. The average molecular weight is 359 g/mol. The molecule has 3 atom stereocenters. The molecule has 134 valence electrons. The maximum Gasteiger partial charge on any atom is 0.243 e. The monoisotopic (exact) mass is 359 g/mol. The SMILES string of the molecule is C=C(C)[C@@H]1C(=O)C(=C(C)C)C2CN(S(=O)(=O)c3ccc(C)cc3)CC21. The summed E-state index contributed by atoms with van der Waals surface area (Å²) in [5.74, 6) is -0.169. The normalized spacial score (nSPS) is 26.8. The van der Waals surface area contributed by atoms with Crippen LogP contribution in [0, 0.1) is 24.7 Å². The minimum absolute atomic E-state index is 0.00452. The molecule has 25 heavy (non-hydrogen) atoms. The highest BCUT2D eigenvalue weighted by Gasteiger charge is 2.53. The number of carbonyl (C=O) groups is 1. The summed E-state index contributed by atoms with van der Waals surface area (Å²) in [6.07, 6.45) is 0. The fourth-order valence-electron chi connectivity index (χ4n) is 4.24. The molecule has 1 saturated heterocycles. The number of aryl methyl sites for hydroxylation is 1. The summed E-state index contributed by atoms with van der Waals surface area (Å²) in [4.78, 5) is 13.1. The molecule has 1 heterocycles. The molecule has 0 radical (unpaired) electrons. The van der Waals surface area contributed by atoms with E-state index in [2.05, 4.69) is 6.58 Å². The van der Waals surface area contributed by atoms with Crippen LogP contribution in [0.4, 0.5) is 0 Å². The fourth-order valence-corrected chi connectivity index (χ4v) is 5.74. The number of carbonyl (C=O) groups excluding carboxylic acids is 1. The van der Waals surface area contributed by atoms with E-state index in [1.807, 2.05) is 39.8 Å². The summed E-state index contributed by atoms with van der Waals surface area (Å²) in [5.41, 5.74) is 3.64. The Morgan fingerprint density at radius 1 is 1.12 bits per heavy atom. The molecule has 3 rings (SSSR count). The second kappa shape index (κ2) is 6.22. The van der Waals surface area contributed by atoms with Crippen molar-refractivity contribution in [2.24, 2.45) is 17.8 Å². The van der Waals surface area contributed by atoms with Gasteiger partial charge in [-0.1, -0.05) is 35.4 Å². The van der Waals surface area contributed by atoms with Crippen LogP contribution in [0.25, 0.3) is 0 Å². The Bertz CT molecular complexity index is 861. The van der Waals surface area contributed by atoms with E-state index in [0.717, 1.165) is 22.3 Å². The van der Waals surface area contributed by atoms with Crippen molar-refractivity contribution < 1.29 is 13.2 Å². The summed E-state index contributed by atoms with van der Waals surface area (Å²) >= 11 is 0. The van der Waals surface area contributed by atoms with Gasteiger partial charge in [0.2, 0.25) is 10.0 Å². The molecule has 0 amide bonds. The summed E-state index contributed by atoms with van der Waals surface area (Å²) in [7, 11) is -3.54. The van der Waals surface area contributed by atoms with Crippen LogP contribution in [-0.4, -0.2) is 31.6 Å². The highest BCUT2D eigenvalue weighted by Crippen LogP contribution is 2.48. The molecule has 0 aromatic heterocycles. The van der Waals surface area contributed by atoms with Crippen LogP contribution in [-0.2, 0) is 14.8 Å². The van der Waals surface area contributed by atoms with E-state index >= 15 is 0 Å². The van der Waals surface area contributed by atoms with Gasteiger partial charge in [-0.05, 0) is 51.3 Å². The number of allylic oxidation sites excluding steroid dienone is 2. The van der Waals surface area contributed by atoms with Gasteiger partial charge in [0, 0.05) is 24.9 Å². The van der Waals surface area contributed by atoms with Gasteiger partial charge < -0.3 is 0 Å². The molecule has 0 spiro atoms. The van der Waals surface area contributed by atoms with E-state index in [-0.39, 0.29) is 23.5 Å². The maximum absolute atomic E-state index is 13.0. The highest BCUT2D eigenvalue weighted by atomic mass is 32.2. The first kappa shape index (κ1) is 18.1. The number of rotatable bonds is 3. The van der Waals surface area contributed by atoms with E-state index in [9.17, 15) is 13.2 Å². The number of sulfonamides is 1. The lowest BCUT2D eigenvalue weighted by Crippen LogP contribution is -2.32. The standard InChI is InChI=1S/C20H25NO3S/c1-12(2)18-16-10-21(11-17(16)19(13(3)4)20(18)22)25(23,24)15-8-6-14(5)7-9-15/h6-9,16-18H,1,10-11H2,2-5H3/t16?,17?,18-/m0/s1. The number of hydrogen-bond acceptors (Lipinski definition) is 3. The first-order chi connectivity index (χ1) is 11.6. The van der Waals surface area contributed by atoms with Crippen LogP contribution < -0.4 is 0 Å². The molecule has 1 saturated carbocycles. The van der Waals surface area contributed by atoms with Gasteiger partial charge in [0.05, 0.1) is 4.90 Å². The van der Waals surface area contributed by atoms with Gasteiger partial charge in [0.15, 0.2) is 5.78 Å². The molecule has 1 aliphatic heterocycles. The third-order valence-electron chi connectivity index (χ3n) is 5.41. The first-order valence-corrected chi connectivity index (χ1v) is 10.0. The van der Waals surface area contributed by atoms with Crippen LogP contribution in [0.3, 0.4) is 0 Å². The van der Waals surface area contributed by atoms with Gasteiger partial charge in [-0.25, -0.2) is 8.42 Å². The second-order valence-corrected chi connectivity index (χ2v) is 9.45. The Morgan fingerprint density at radius 2 is 1.72 bits per heavy atom. The van der Waals surface area contributed by atoms with Crippen molar-refractivity contribution in [1.82, 2.24) is 4.31 Å². The van der Waals surface area contributed by atoms with Gasteiger partial charge in [-0.15, -0.1) is 0 Å². The van der Waals surface area contributed by atoms with Crippen LogP contribution in [0.5, 0.6) is 0 Å². The van der Waals surface area contributed by atoms with Gasteiger partial charge in [0.25, 0.3) is 0 Å². The smallest absolute Gasteiger partial charge is 0.243 e. The topological polar surface area (TPSA) is 54.5 Å². The van der Waals surface area contributed by atoms with Crippen molar-refractivity contribution in [2.75, 3.05) is 13.1 Å². The largest absolute Gasteiger partial charge is 0.294 e. The highest BCUT2D eigenvalue weighted by molar-refractivity contribution is 7.89. The van der Waals surface area contributed by atoms with Gasteiger partial charge in [0.1, 0.15) is 0 Å². The maximum atomic E-state index is 13.0. The molecule has 1 aliphatic carbocycles. The van der Waals surface area contributed by atoms with E-state index in [1.54, 1.807) is 16.4 Å². The van der Waals surface area contributed by atoms with Crippen molar-refractivity contribution in [3.05, 3.63) is 53.1 Å². The van der Waals surface area contributed by atoms with E-state index in [4.69, 9.17) is 0 Å². The molecule has 2 unspecified atom stereocenters. The minimum Gasteiger partial charge on any atom is -0.294 e. The fraction of sp³-hybridized carbons (Fsp3) is 0.450. The predicted molar refractivity (Wildman–Crippen MR) is 98.6 cm³/mol. The average Bonchev–Trinajstić information content (AvgIpc) is 3.03. The van der Waals surface area contributed by atoms with Crippen LogP contribution in [0.1, 0.15) is 26.3 Å².